The number of aromatic amines is 2. The summed E-state index contributed by atoms with van der Waals surface area (Å²) in [5.41, 5.74) is 16.8. The summed E-state index contributed by atoms with van der Waals surface area (Å²) < 4.78 is 20.5. The van der Waals surface area contributed by atoms with Crippen LogP contribution >= 0.6 is 0 Å². The number of carbonyl (C=O) groups excluding carboxylic acids is 4. The largest absolute Gasteiger partial charge is 0.469 e. The summed E-state index contributed by atoms with van der Waals surface area (Å²) in [6, 6.07) is 21.7. The van der Waals surface area contributed by atoms with E-state index in [-0.39, 0.29) is 49.6 Å². The number of fused-ring (bicyclic) bond motifs is 8. The van der Waals surface area contributed by atoms with Crippen molar-refractivity contribution in [1.82, 2.24) is 19.9 Å². The van der Waals surface area contributed by atoms with Crippen LogP contribution in [0.15, 0.2) is 66.7 Å². The van der Waals surface area contributed by atoms with E-state index in [1.165, 1.54) is 28.4 Å². The zero-order chi connectivity index (χ0) is 47.2. The quantitative estimate of drug-likeness (QED) is 0.0623. The Labute approximate surface area is 384 Å². The molecule has 12 heteroatoms. The van der Waals surface area contributed by atoms with Crippen LogP contribution in [0.5, 0.6) is 0 Å². The second kappa shape index (κ2) is 20.1. The first-order valence-corrected chi connectivity index (χ1v) is 21.9. The van der Waals surface area contributed by atoms with E-state index in [2.05, 4.69) is 28.0 Å². The van der Waals surface area contributed by atoms with Crippen LogP contribution < -0.4 is 0 Å². The summed E-state index contributed by atoms with van der Waals surface area (Å²) in [6.45, 7) is 8.09. The first kappa shape index (κ1) is 46.5. The molecule has 0 saturated heterocycles. The number of terminal acetylenes is 1. The molecule has 0 fully saturated rings. The van der Waals surface area contributed by atoms with Gasteiger partial charge >= 0.3 is 23.9 Å². The molecular formula is C54H54N4O8. The van der Waals surface area contributed by atoms with Gasteiger partial charge in [-0.15, -0.1) is 6.42 Å². The number of methoxy groups -OCH3 is 4. The molecule has 0 spiro atoms. The van der Waals surface area contributed by atoms with E-state index in [9.17, 15) is 19.2 Å². The molecule has 0 atom stereocenters. The lowest BCUT2D eigenvalue weighted by Gasteiger charge is -2.11. The number of allylic oxidation sites excluding steroid dienone is 4. The van der Waals surface area contributed by atoms with Crippen LogP contribution in [-0.2, 0) is 51.0 Å². The van der Waals surface area contributed by atoms with Crippen molar-refractivity contribution >= 4 is 68.2 Å². The number of aryl methyl sites for hydroxylation is 4. The Balaban J connectivity index is 1.74. The third kappa shape index (κ3) is 9.33. The van der Waals surface area contributed by atoms with Crippen molar-refractivity contribution in [2.45, 2.75) is 79.1 Å². The van der Waals surface area contributed by atoms with Crippen molar-refractivity contribution in [2.24, 2.45) is 0 Å². The lowest BCUT2D eigenvalue weighted by molar-refractivity contribution is -0.141. The first-order chi connectivity index (χ1) is 31.8. The fourth-order valence-corrected chi connectivity index (χ4v) is 9.00. The SMILES string of the molecule is C#Cc1ccc(-c2c3nc(cc4[nH]c(c(C)c4CCC(=O)OC)c(-c4ccccc4)c4[nH]c(cc5nc2C(C)=C5CCC(=O)OC)c(CCC(=O)OC)c4C)C(CCC(=O)OC)=C3C)cc1. The highest BCUT2D eigenvalue weighted by Gasteiger charge is 2.28. The van der Waals surface area contributed by atoms with Crippen LogP contribution in [0.3, 0.4) is 0 Å². The number of benzene rings is 2. The van der Waals surface area contributed by atoms with Gasteiger partial charge < -0.3 is 28.9 Å². The molecule has 2 N–H and O–H groups in total. The van der Waals surface area contributed by atoms with Gasteiger partial charge in [0.2, 0.25) is 0 Å². The van der Waals surface area contributed by atoms with Crippen LogP contribution in [0.4, 0.5) is 0 Å². The van der Waals surface area contributed by atoms with Gasteiger partial charge in [-0.05, 0) is 133 Å². The van der Waals surface area contributed by atoms with Crippen LogP contribution in [0.2, 0.25) is 0 Å². The average molecular weight is 887 g/mol. The highest BCUT2D eigenvalue weighted by molar-refractivity contribution is 6.04. The summed E-state index contributed by atoms with van der Waals surface area (Å²) >= 11 is 0. The van der Waals surface area contributed by atoms with Crippen molar-refractivity contribution in [3.63, 3.8) is 0 Å². The molecule has 7 rings (SSSR count). The van der Waals surface area contributed by atoms with Crippen LogP contribution in [0.1, 0.15) is 103 Å². The van der Waals surface area contributed by atoms with E-state index in [1.54, 1.807) is 0 Å². The van der Waals surface area contributed by atoms with Gasteiger partial charge in [0.05, 0.1) is 62.2 Å². The maximum atomic E-state index is 12.8. The van der Waals surface area contributed by atoms with Crippen LogP contribution in [0.25, 0.3) is 66.6 Å². The molecule has 0 aliphatic carbocycles. The summed E-state index contributed by atoms with van der Waals surface area (Å²) in [4.78, 5) is 69.6. The number of hydrogen-bond donors (Lipinski definition) is 2. The van der Waals surface area contributed by atoms with E-state index in [4.69, 9.17) is 35.3 Å². The number of aromatic nitrogens is 4. The van der Waals surface area contributed by atoms with Gasteiger partial charge in [-0.2, -0.15) is 0 Å². The summed E-state index contributed by atoms with van der Waals surface area (Å²) in [6.07, 6.45) is 7.73. The van der Waals surface area contributed by atoms with Crippen molar-refractivity contribution in [3.8, 4) is 34.6 Å². The Hall–Kier alpha value is -7.52. The molecule has 2 aliphatic heterocycles. The number of nitrogens with one attached hydrogen (secondary N) is 2. The number of ether oxygens (including phenoxy) is 4. The number of nitrogens with zero attached hydrogens (tertiary/aromatic N) is 2. The smallest absolute Gasteiger partial charge is 0.305 e. The third-order valence-corrected chi connectivity index (χ3v) is 12.7. The Morgan fingerprint density at radius 1 is 0.545 bits per heavy atom. The lowest BCUT2D eigenvalue weighted by atomic mass is 9.92. The maximum absolute atomic E-state index is 12.8. The van der Waals surface area contributed by atoms with E-state index in [1.807, 2.05) is 82.3 Å². The van der Waals surface area contributed by atoms with E-state index in [0.29, 0.717) is 54.0 Å². The molecule has 3 aromatic heterocycles. The summed E-state index contributed by atoms with van der Waals surface area (Å²) in [5, 5.41) is 0. The monoisotopic (exact) mass is 886 g/mol. The molecule has 5 heterocycles. The minimum Gasteiger partial charge on any atom is -0.469 e. The van der Waals surface area contributed by atoms with Gasteiger partial charge in [-0.1, -0.05) is 48.4 Å². The number of esters is 4. The molecule has 8 bridgehead atoms. The van der Waals surface area contributed by atoms with Gasteiger partial charge in [-0.25, -0.2) is 9.97 Å². The number of rotatable bonds is 14. The second-order valence-electron chi connectivity index (χ2n) is 16.4. The van der Waals surface area contributed by atoms with E-state index in [0.717, 1.165) is 88.9 Å². The van der Waals surface area contributed by atoms with Gasteiger partial charge in [-0.3, -0.25) is 19.2 Å². The molecule has 5 aromatic rings. The van der Waals surface area contributed by atoms with Crippen LogP contribution in [-0.4, -0.2) is 72.3 Å². The molecule has 66 heavy (non-hydrogen) atoms. The zero-order valence-corrected chi connectivity index (χ0v) is 38.7. The number of hydrogen-bond acceptors (Lipinski definition) is 10. The fourth-order valence-electron chi connectivity index (χ4n) is 9.00. The van der Waals surface area contributed by atoms with Crippen molar-refractivity contribution in [1.29, 1.82) is 0 Å². The third-order valence-electron chi connectivity index (χ3n) is 12.7. The first-order valence-electron chi connectivity index (χ1n) is 21.9. The van der Waals surface area contributed by atoms with Crippen molar-refractivity contribution < 1.29 is 38.1 Å². The van der Waals surface area contributed by atoms with Gasteiger partial charge in [0.1, 0.15) is 0 Å². The van der Waals surface area contributed by atoms with E-state index < -0.39 is 0 Å². The molecule has 0 saturated carbocycles. The predicted molar refractivity (Wildman–Crippen MR) is 257 cm³/mol. The topological polar surface area (TPSA) is 163 Å². The Morgan fingerprint density at radius 3 is 1.33 bits per heavy atom. The standard InChI is InChI=1S/C54H54N4O8/c1-10-34-16-18-36(19-17-34)50-53-32(4)39(22-26-47(61)65-8)43(57-53)28-41-37(20-24-45(59)63-6)30(2)51(55-41)49(35-14-12-11-13-15-35)52-31(3)38(21-25-46(60)64-7)42(56-52)29-44-40(23-27-48(62)66-9)33(5)54(50)58-44/h1,11-19,28-29,55-56H,20-27H2,2-9H3. The molecule has 0 radical (unpaired) electrons. The molecule has 0 unspecified atom stereocenters. The highest BCUT2D eigenvalue weighted by Crippen LogP contribution is 2.45. The molecule has 12 nitrogen and oxygen atoms in total. The Morgan fingerprint density at radius 2 is 0.939 bits per heavy atom. The highest BCUT2D eigenvalue weighted by atomic mass is 16.5. The predicted octanol–water partition coefficient (Wildman–Crippen LogP) is 10.2. The zero-order valence-electron chi connectivity index (χ0n) is 38.7. The van der Waals surface area contributed by atoms with Crippen LogP contribution in [0, 0.1) is 26.2 Å². The maximum Gasteiger partial charge on any atom is 0.305 e. The number of carbonyl (C=O) groups is 4. The Kier molecular flexibility index (Phi) is 14.2. The molecular weight excluding hydrogens is 833 g/mol. The second-order valence-corrected chi connectivity index (χ2v) is 16.4. The normalized spacial score (nSPS) is 12.2. The van der Waals surface area contributed by atoms with E-state index >= 15 is 0 Å². The molecule has 2 aliphatic rings. The van der Waals surface area contributed by atoms with Crippen molar-refractivity contribution in [2.75, 3.05) is 28.4 Å². The van der Waals surface area contributed by atoms with Gasteiger partial charge in [0.25, 0.3) is 0 Å². The minimum absolute atomic E-state index is 0.114. The summed E-state index contributed by atoms with van der Waals surface area (Å²) in [5.74, 6) is 1.32. The van der Waals surface area contributed by atoms with Crippen molar-refractivity contribution in [3.05, 3.63) is 117 Å². The number of H-pyrrole nitrogens is 2. The summed E-state index contributed by atoms with van der Waals surface area (Å²) in [7, 11) is 5.51. The minimum atomic E-state index is -0.357. The molecule has 0 amide bonds. The molecule has 2 aromatic carbocycles. The van der Waals surface area contributed by atoms with Gasteiger partial charge in [0.15, 0.2) is 0 Å². The molecule has 338 valence electrons. The Bertz CT molecular complexity index is 2880. The average Bonchev–Trinajstić information content (AvgIpc) is 4.02. The van der Waals surface area contributed by atoms with Gasteiger partial charge in [0, 0.05) is 53.4 Å². The fraction of sp³-hybridized carbons (Fsp3) is 0.296. The lowest BCUT2D eigenvalue weighted by Crippen LogP contribution is -2.02.